The number of methoxy groups -OCH3 is 1. The molecule has 0 fully saturated rings. The van der Waals surface area contributed by atoms with Crippen LogP contribution in [-0.2, 0) is 9.53 Å². The molecule has 0 rings (SSSR count). The first-order valence-corrected chi connectivity index (χ1v) is 5.75. The van der Waals surface area contributed by atoms with E-state index in [1.807, 2.05) is 19.9 Å². The monoisotopic (exact) mass is 223 g/mol. The van der Waals surface area contributed by atoms with Gasteiger partial charge in [-0.15, -0.1) is 0 Å². The van der Waals surface area contributed by atoms with Gasteiger partial charge in [0.1, 0.15) is 0 Å². The summed E-state index contributed by atoms with van der Waals surface area (Å²) in [5.74, 6) is -0.456. The second-order valence-corrected chi connectivity index (χ2v) is 3.89. The fraction of sp³-hybridized carbons (Fsp3) is 0.692. The van der Waals surface area contributed by atoms with Gasteiger partial charge in [0.15, 0.2) is 5.41 Å². The van der Waals surface area contributed by atoms with Crippen LogP contribution < -0.4 is 0 Å². The van der Waals surface area contributed by atoms with Crippen molar-refractivity contribution in [3.8, 4) is 6.07 Å². The summed E-state index contributed by atoms with van der Waals surface area (Å²) < 4.78 is 4.72. The molecular weight excluding hydrogens is 202 g/mol. The molecule has 0 N–H and O–H groups in total. The minimum atomic E-state index is -1.09. The van der Waals surface area contributed by atoms with Crippen LogP contribution in [0, 0.1) is 16.7 Å². The topological polar surface area (TPSA) is 50.1 Å². The number of rotatable bonds is 6. The molecular formula is C13H21NO2. The Morgan fingerprint density at radius 1 is 1.50 bits per heavy atom. The highest BCUT2D eigenvalue weighted by Gasteiger charge is 2.39. The average molecular weight is 223 g/mol. The summed E-state index contributed by atoms with van der Waals surface area (Å²) in [7, 11) is 1.32. The van der Waals surface area contributed by atoms with Gasteiger partial charge < -0.3 is 4.74 Å². The van der Waals surface area contributed by atoms with Crippen molar-refractivity contribution in [1.29, 1.82) is 5.26 Å². The van der Waals surface area contributed by atoms with Gasteiger partial charge in [-0.05, 0) is 25.3 Å². The number of carbonyl (C=O) groups is 1. The maximum Gasteiger partial charge on any atom is 0.330 e. The molecule has 0 saturated heterocycles. The molecule has 0 amide bonds. The molecule has 0 aromatic rings. The van der Waals surface area contributed by atoms with Gasteiger partial charge in [0.25, 0.3) is 0 Å². The van der Waals surface area contributed by atoms with Gasteiger partial charge in [-0.2, -0.15) is 5.26 Å². The van der Waals surface area contributed by atoms with E-state index in [2.05, 4.69) is 13.0 Å². The number of carbonyl (C=O) groups excluding carboxylic acids is 1. The zero-order valence-corrected chi connectivity index (χ0v) is 10.7. The second kappa shape index (κ2) is 7.05. The van der Waals surface area contributed by atoms with Gasteiger partial charge in [0.05, 0.1) is 13.2 Å². The molecule has 0 heterocycles. The zero-order valence-electron chi connectivity index (χ0n) is 10.7. The van der Waals surface area contributed by atoms with Gasteiger partial charge in [0.2, 0.25) is 0 Å². The lowest BCUT2D eigenvalue weighted by atomic mass is 9.79. The van der Waals surface area contributed by atoms with Gasteiger partial charge in [-0.3, -0.25) is 0 Å². The van der Waals surface area contributed by atoms with Crippen molar-refractivity contribution in [3.05, 3.63) is 11.6 Å². The second-order valence-electron chi connectivity index (χ2n) is 3.89. The number of nitrogens with zero attached hydrogens (tertiary/aromatic N) is 1. The van der Waals surface area contributed by atoms with Crippen molar-refractivity contribution < 1.29 is 9.53 Å². The molecule has 0 radical (unpaired) electrons. The van der Waals surface area contributed by atoms with Crippen LogP contribution in [0.3, 0.4) is 0 Å². The lowest BCUT2D eigenvalue weighted by molar-refractivity contribution is -0.147. The van der Waals surface area contributed by atoms with Gasteiger partial charge >= 0.3 is 5.97 Å². The Morgan fingerprint density at radius 2 is 2.12 bits per heavy atom. The molecule has 1 atom stereocenters. The molecule has 0 aliphatic carbocycles. The minimum absolute atomic E-state index is 0.449. The third-order valence-electron chi connectivity index (χ3n) is 2.94. The van der Waals surface area contributed by atoms with Crippen LogP contribution in [0.4, 0.5) is 0 Å². The predicted octanol–water partition coefficient (Wildman–Crippen LogP) is 3.22. The van der Waals surface area contributed by atoms with E-state index >= 15 is 0 Å². The van der Waals surface area contributed by atoms with E-state index in [-0.39, 0.29) is 0 Å². The Balaban J connectivity index is 4.98. The first-order valence-electron chi connectivity index (χ1n) is 5.75. The molecule has 0 aromatic carbocycles. The SMILES string of the molecule is CCCC/C=C(/C)[C@@](C#N)(CC)C(=O)OC. The van der Waals surface area contributed by atoms with Crippen LogP contribution in [-0.4, -0.2) is 13.1 Å². The Morgan fingerprint density at radius 3 is 2.50 bits per heavy atom. The average Bonchev–Trinajstić information content (AvgIpc) is 2.31. The molecule has 0 aliphatic rings. The van der Waals surface area contributed by atoms with Gasteiger partial charge in [0, 0.05) is 0 Å². The maximum atomic E-state index is 11.7. The molecule has 0 saturated carbocycles. The predicted molar refractivity (Wildman–Crippen MR) is 63.6 cm³/mol. The highest BCUT2D eigenvalue weighted by Crippen LogP contribution is 2.32. The molecule has 0 bridgehead atoms. The Hall–Kier alpha value is -1.30. The molecule has 90 valence electrons. The summed E-state index contributed by atoms with van der Waals surface area (Å²) in [6.45, 7) is 5.78. The lowest BCUT2D eigenvalue weighted by Crippen LogP contribution is -2.31. The summed E-state index contributed by atoms with van der Waals surface area (Å²) in [5.41, 5.74) is -0.291. The zero-order chi connectivity index (χ0) is 12.6. The van der Waals surface area contributed by atoms with Crippen LogP contribution in [0.1, 0.15) is 46.5 Å². The van der Waals surface area contributed by atoms with Crippen LogP contribution >= 0.6 is 0 Å². The molecule has 16 heavy (non-hydrogen) atoms. The summed E-state index contributed by atoms with van der Waals surface area (Å²) >= 11 is 0. The van der Waals surface area contributed by atoms with E-state index in [0.717, 1.165) is 24.8 Å². The van der Waals surface area contributed by atoms with E-state index in [4.69, 9.17) is 4.74 Å². The largest absolute Gasteiger partial charge is 0.468 e. The fourth-order valence-corrected chi connectivity index (χ4v) is 1.67. The van der Waals surface area contributed by atoms with Crippen LogP contribution in [0.15, 0.2) is 11.6 Å². The number of esters is 1. The summed E-state index contributed by atoms with van der Waals surface area (Å²) in [6, 6.07) is 2.10. The standard InChI is InChI=1S/C13H21NO2/c1-5-7-8-9-11(3)13(6-2,10-14)12(15)16-4/h9H,5-8H2,1-4H3/b11-9-/t13-/m0/s1. The van der Waals surface area contributed by atoms with Gasteiger partial charge in [-0.25, -0.2) is 4.79 Å². The molecule has 3 heteroatoms. The minimum Gasteiger partial charge on any atom is -0.468 e. The van der Waals surface area contributed by atoms with Crippen molar-refractivity contribution in [2.45, 2.75) is 46.5 Å². The molecule has 0 aromatic heterocycles. The highest BCUT2D eigenvalue weighted by atomic mass is 16.5. The quantitative estimate of drug-likeness (QED) is 0.394. The number of hydrogen-bond acceptors (Lipinski definition) is 3. The van der Waals surface area contributed by atoms with E-state index in [9.17, 15) is 10.1 Å². The lowest BCUT2D eigenvalue weighted by Gasteiger charge is -2.23. The van der Waals surface area contributed by atoms with Crippen molar-refractivity contribution >= 4 is 5.97 Å². The summed E-state index contributed by atoms with van der Waals surface area (Å²) in [4.78, 5) is 11.7. The smallest absolute Gasteiger partial charge is 0.330 e. The maximum absolute atomic E-state index is 11.7. The normalized spacial score (nSPS) is 15.1. The third kappa shape index (κ3) is 3.10. The number of hydrogen-bond donors (Lipinski definition) is 0. The van der Waals surface area contributed by atoms with E-state index in [1.54, 1.807) is 0 Å². The number of nitriles is 1. The number of ether oxygens (including phenoxy) is 1. The highest BCUT2D eigenvalue weighted by molar-refractivity contribution is 5.83. The van der Waals surface area contributed by atoms with Crippen molar-refractivity contribution in [3.63, 3.8) is 0 Å². The molecule has 0 unspecified atom stereocenters. The summed E-state index contributed by atoms with van der Waals surface area (Å²) in [5, 5.41) is 9.21. The summed E-state index contributed by atoms with van der Waals surface area (Å²) in [6.07, 6.45) is 5.51. The number of allylic oxidation sites excluding steroid dienone is 1. The van der Waals surface area contributed by atoms with Crippen molar-refractivity contribution in [1.82, 2.24) is 0 Å². The first-order chi connectivity index (χ1) is 7.58. The van der Waals surface area contributed by atoms with E-state index in [0.29, 0.717) is 6.42 Å². The van der Waals surface area contributed by atoms with Crippen LogP contribution in [0.2, 0.25) is 0 Å². The molecule has 0 spiro atoms. The Labute approximate surface area is 98.1 Å². The molecule has 3 nitrogen and oxygen atoms in total. The third-order valence-corrected chi connectivity index (χ3v) is 2.94. The molecule has 0 aliphatic heterocycles. The number of unbranched alkanes of at least 4 members (excludes halogenated alkanes) is 2. The fourth-order valence-electron chi connectivity index (χ4n) is 1.67. The van der Waals surface area contributed by atoms with Crippen LogP contribution in [0.25, 0.3) is 0 Å². The Bertz CT molecular complexity index is 302. The van der Waals surface area contributed by atoms with E-state index in [1.165, 1.54) is 7.11 Å². The van der Waals surface area contributed by atoms with Gasteiger partial charge in [-0.1, -0.05) is 32.8 Å². The van der Waals surface area contributed by atoms with Crippen molar-refractivity contribution in [2.24, 2.45) is 5.41 Å². The van der Waals surface area contributed by atoms with Crippen molar-refractivity contribution in [2.75, 3.05) is 7.11 Å². The first kappa shape index (κ1) is 14.7. The van der Waals surface area contributed by atoms with Crippen LogP contribution in [0.5, 0.6) is 0 Å². The van der Waals surface area contributed by atoms with E-state index < -0.39 is 11.4 Å². The Kier molecular flexibility index (Phi) is 6.48.